The van der Waals surface area contributed by atoms with Crippen molar-refractivity contribution in [3.05, 3.63) is 89.1 Å². The van der Waals surface area contributed by atoms with Crippen LogP contribution in [-0.2, 0) is 5.41 Å². The zero-order chi connectivity index (χ0) is 18.8. The Morgan fingerprint density at radius 2 is 1.52 bits per heavy atom. The molecule has 4 aromatic rings. The molecule has 0 aliphatic heterocycles. The van der Waals surface area contributed by atoms with Gasteiger partial charge in [0, 0.05) is 17.2 Å². The Bertz CT molecular complexity index is 1210. The molecule has 1 aromatic heterocycles. The lowest BCUT2D eigenvalue weighted by atomic mass is 9.78. The minimum atomic E-state index is -0.0894. The molecule has 1 nitrogen and oxygen atoms in total. The lowest BCUT2D eigenvalue weighted by Crippen LogP contribution is -2.17. The summed E-state index contributed by atoms with van der Waals surface area (Å²) in [6.45, 7) is 9.02. The molecule has 0 saturated carbocycles. The van der Waals surface area contributed by atoms with Crippen molar-refractivity contribution >= 4 is 10.8 Å². The Hall–Kier alpha value is -2.93. The average Bonchev–Trinajstić information content (AvgIpc) is 2.92. The van der Waals surface area contributed by atoms with Gasteiger partial charge < -0.3 is 0 Å². The molecule has 0 unspecified atom stereocenters. The number of hydrogen-bond donors (Lipinski definition) is 0. The summed E-state index contributed by atoms with van der Waals surface area (Å²) in [6, 6.07) is 22.1. The van der Waals surface area contributed by atoms with Gasteiger partial charge in [0.2, 0.25) is 0 Å². The van der Waals surface area contributed by atoms with Crippen LogP contribution >= 0.6 is 0 Å². The standard InChI is InChI=1S/C26H23N/c1-16-9-10-19(15-17(16)2)25-24-22(13-14-27-25)21-12-11-18-7-5-6-8-20(18)23(21)26(24,3)4/h5-15H,1-4H3. The van der Waals surface area contributed by atoms with Gasteiger partial charge in [0.05, 0.1) is 5.69 Å². The minimum absolute atomic E-state index is 0.0894. The fourth-order valence-electron chi connectivity index (χ4n) is 4.72. The van der Waals surface area contributed by atoms with Gasteiger partial charge in [-0.05, 0) is 70.1 Å². The molecule has 132 valence electrons. The van der Waals surface area contributed by atoms with Crippen LogP contribution in [0.3, 0.4) is 0 Å². The Morgan fingerprint density at radius 1 is 0.741 bits per heavy atom. The van der Waals surface area contributed by atoms with Gasteiger partial charge >= 0.3 is 0 Å². The first kappa shape index (κ1) is 16.3. The molecule has 0 atom stereocenters. The zero-order valence-electron chi connectivity index (χ0n) is 16.3. The number of pyridine rings is 1. The molecule has 3 aromatic carbocycles. The summed E-state index contributed by atoms with van der Waals surface area (Å²) in [7, 11) is 0. The van der Waals surface area contributed by atoms with Crippen molar-refractivity contribution < 1.29 is 0 Å². The van der Waals surface area contributed by atoms with Crippen LogP contribution in [0.25, 0.3) is 33.2 Å². The highest BCUT2D eigenvalue weighted by molar-refractivity contribution is 5.99. The summed E-state index contributed by atoms with van der Waals surface area (Å²) in [5, 5.41) is 2.65. The van der Waals surface area contributed by atoms with E-state index in [0.717, 1.165) is 5.69 Å². The maximum absolute atomic E-state index is 4.85. The van der Waals surface area contributed by atoms with E-state index in [-0.39, 0.29) is 5.41 Å². The molecule has 0 saturated heterocycles. The second kappa shape index (κ2) is 5.53. The molecule has 1 heterocycles. The van der Waals surface area contributed by atoms with Gasteiger partial charge in [0.1, 0.15) is 0 Å². The third-order valence-corrected chi connectivity index (χ3v) is 6.20. The smallest absolute Gasteiger partial charge is 0.0749 e. The fourth-order valence-corrected chi connectivity index (χ4v) is 4.72. The van der Waals surface area contributed by atoms with Crippen LogP contribution in [0.2, 0.25) is 0 Å². The SMILES string of the molecule is Cc1ccc(-c2nccc3c2C(C)(C)c2c-3ccc3ccccc23)cc1C. The predicted octanol–water partition coefficient (Wildman–Crippen LogP) is 6.82. The Kier molecular flexibility index (Phi) is 3.33. The average molecular weight is 349 g/mol. The van der Waals surface area contributed by atoms with E-state index in [0.29, 0.717) is 0 Å². The molecule has 0 bridgehead atoms. The Morgan fingerprint density at radius 3 is 2.33 bits per heavy atom. The molecule has 0 fully saturated rings. The summed E-state index contributed by atoms with van der Waals surface area (Å²) in [4.78, 5) is 4.85. The minimum Gasteiger partial charge on any atom is -0.256 e. The molecular weight excluding hydrogens is 326 g/mol. The number of aryl methyl sites for hydroxylation is 2. The molecule has 27 heavy (non-hydrogen) atoms. The van der Waals surface area contributed by atoms with Crippen LogP contribution in [0.5, 0.6) is 0 Å². The zero-order valence-corrected chi connectivity index (χ0v) is 16.3. The monoisotopic (exact) mass is 349 g/mol. The number of rotatable bonds is 1. The number of hydrogen-bond acceptors (Lipinski definition) is 1. The van der Waals surface area contributed by atoms with Crippen molar-refractivity contribution in [1.82, 2.24) is 4.98 Å². The van der Waals surface area contributed by atoms with Gasteiger partial charge in [-0.3, -0.25) is 4.98 Å². The third-order valence-electron chi connectivity index (χ3n) is 6.20. The highest BCUT2D eigenvalue weighted by Gasteiger charge is 2.39. The Labute approximate surface area is 160 Å². The van der Waals surface area contributed by atoms with Crippen LogP contribution in [-0.4, -0.2) is 4.98 Å². The highest BCUT2D eigenvalue weighted by Crippen LogP contribution is 2.53. The molecule has 0 amide bonds. The van der Waals surface area contributed by atoms with E-state index < -0.39 is 0 Å². The molecule has 0 radical (unpaired) electrons. The summed E-state index contributed by atoms with van der Waals surface area (Å²) >= 11 is 0. The van der Waals surface area contributed by atoms with Gasteiger partial charge in [0.25, 0.3) is 0 Å². The Balaban J connectivity index is 1.84. The molecule has 1 aliphatic carbocycles. The summed E-state index contributed by atoms with van der Waals surface area (Å²) < 4.78 is 0. The van der Waals surface area contributed by atoms with Gasteiger partial charge in [0.15, 0.2) is 0 Å². The van der Waals surface area contributed by atoms with Crippen molar-refractivity contribution in [2.24, 2.45) is 0 Å². The maximum Gasteiger partial charge on any atom is 0.0749 e. The summed E-state index contributed by atoms with van der Waals surface area (Å²) in [5.41, 5.74) is 10.3. The number of nitrogens with zero attached hydrogens (tertiary/aromatic N) is 1. The third kappa shape index (κ3) is 2.21. The van der Waals surface area contributed by atoms with Gasteiger partial charge in [-0.2, -0.15) is 0 Å². The van der Waals surface area contributed by atoms with Crippen LogP contribution in [0.15, 0.2) is 66.9 Å². The molecule has 1 aliphatic rings. The number of fused-ring (bicyclic) bond motifs is 5. The lowest BCUT2D eigenvalue weighted by Gasteiger charge is -2.25. The lowest BCUT2D eigenvalue weighted by molar-refractivity contribution is 0.665. The van der Waals surface area contributed by atoms with Crippen LogP contribution in [0, 0.1) is 13.8 Å². The van der Waals surface area contributed by atoms with Crippen molar-refractivity contribution in [2.45, 2.75) is 33.1 Å². The van der Waals surface area contributed by atoms with Crippen molar-refractivity contribution in [2.75, 3.05) is 0 Å². The van der Waals surface area contributed by atoms with E-state index in [9.17, 15) is 0 Å². The highest BCUT2D eigenvalue weighted by atomic mass is 14.7. The molecule has 5 rings (SSSR count). The van der Waals surface area contributed by atoms with Gasteiger partial charge in [-0.1, -0.05) is 62.4 Å². The molecule has 0 N–H and O–H groups in total. The normalized spacial score (nSPS) is 14.2. The van der Waals surface area contributed by atoms with Crippen molar-refractivity contribution in [1.29, 1.82) is 0 Å². The second-order valence-corrected chi connectivity index (χ2v) is 8.22. The van der Waals surface area contributed by atoms with E-state index in [1.165, 1.54) is 49.7 Å². The first-order chi connectivity index (χ1) is 13.0. The van der Waals surface area contributed by atoms with Gasteiger partial charge in [-0.15, -0.1) is 0 Å². The van der Waals surface area contributed by atoms with E-state index in [4.69, 9.17) is 4.98 Å². The van der Waals surface area contributed by atoms with Crippen LogP contribution in [0.1, 0.15) is 36.1 Å². The first-order valence-electron chi connectivity index (χ1n) is 9.58. The van der Waals surface area contributed by atoms with Crippen LogP contribution < -0.4 is 0 Å². The van der Waals surface area contributed by atoms with Gasteiger partial charge in [-0.25, -0.2) is 0 Å². The van der Waals surface area contributed by atoms with E-state index in [1.54, 1.807) is 0 Å². The fraction of sp³-hybridized carbons (Fsp3) is 0.192. The van der Waals surface area contributed by atoms with E-state index >= 15 is 0 Å². The quantitative estimate of drug-likeness (QED) is 0.367. The summed E-state index contributed by atoms with van der Waals surface area (Å²) in [5.74, 6) is 0. The summed E-state index contributed by atoms with van der Waals surface area (Å²) in [6.07, 6.45) is 1.96. The molecular formula is C26H23N. The van der Waals surface area contributed by atoms with Crippen molar-refractivity contribution in [3.8, 4) is 22.4 Å². The van der Waals surface area contributed by atoms with E-state index in [1.807, 2.05) is 6.20 Å². The first-order valence-corrected chi connectivity index (χ1v) is 9.58. The molecule has 1 heteroatoms. The van der Waals surface area contributed by atoms with Crippen molar-refractivity contribution in [3.63, 3.8) is 0 Å². The topological polar surface area (TPSA) is 12.9 Å². The largest absolute Gasteiger partial charge is 0.256 e. The number of benzene rings is 3. The molecule has 0 spiro atoms. The number of aromatic nitrogens is 1. The second-order valence-electron chi connectivity index (χ2n) is 8.22. The van der Waals surface area contributed by atoms with E-state index in [2.05, 4.69) is 88.4 Å². The van der Waals surface area contributed by atoms with Crippen LogP contribution in [0.4, 0.5) is 0 Å². The maximum atomic E-state index is 4.85. The predicted molar refractivity (Wildman–Crippen MR) is 114 cm³/mol.